The zero-order valence-electron chi connectivity index (χ0n) is 13.2. The second kappa shape index (κ2) is 6.96. The van der Waals surface area contributed by atoms with Gasteiger partial charge < -0.3 is 20.4 Å². The fraction of sp³-hybridized carbons (Fsp3) is 0.529. The molecule has 118 valence electrons. The Morgan fingerprint density at radius 2 is 1.86 bits per heavy atom. The van der Waals surface area contributed by atoms with Crippen LogP contribution in [0.3, 0.4) is 0 Å². The second-order valence-electron chi connectivity index (χ2n) is 6.23. The van der Waals surface area contributed by atoms with Crippen molar-refractivity contribution >= 4 is 0 Å². The summed E-state index contributed by atoms with van der Waals surface area (Å²) in [6, 6.07) is 3.12. The summed E-state index contributed by atoms with van der Waals surface area (Å²) in [5.74, 6) is 0.345. The summed E-state index contributed by atoms with van der Waals surface area (Å²) in [5, 5.41) is 39.0. The number of aliphatic hydroxyl groups is 2. The first-order valence-corrected chi connectivity index (χ1v) is 7.18. The van der Waals surface area contributed by atoms with Gasteiger partial charge in [0, 0.05) is 5.56 Å². The maximum absolute atomic E-state index is 9.84. The predicted molar refractivity (Wildman–Crippen MR) is 83.5 cm³/mol. The zero-order valence-corrected chi connectivity index (χ0v) is 13.2. The van der Waals surface area contributed by atoms with Crippen molar-refractivity contribution in [1.82, 2.24) is 0 Å². The van der Waals surface area contributed by atoms with Crippen molar-refractivity contribution in [3.05, 3.63) is 34.9 Å². The van der Waals surface area contributed by atoms with Gasteiger partial charge >= 0.3 is 0 Å². The van der Waals surface area contributed by atoms with E-state index in [0.717, 1.165) is 5.57 Å². The molecule has 0 aliphatic carbocycles. The largest absolute Gasteiger partial charge is 0.508 e. The molecule has 0 fully saturated rings. The smallest absolute Gasteiger partial charge is 0.119 e. The van der Waals surface area contributed by atoms with Crippen LogP contribution in [0.15, 0.2) is 23.8 Å². The summed E-state index contributed by atoms with van der Waals surface area (Å²) in [6.45, 7) is 6.85. The molecule has 4 nitrogen and oxygen atoms in total. The standard InChI is InChI=1S/C17H26O4/c1-11(6-8-16(20)17(3,4)21)5-7-13-10-14(18)12(2)9-15(13)19/h5,9-10,16,18-21H,6-8H2,1-4H3/b11-5+/t16-/m1/s1. The van der Waals surface area contributed by atoms with Crippen molar-refractivity contribution in [2.75, 3.05) is 0 Å². The number of hydrogen-bond donors (Lipinski definition) is 4. The molecular weight excluding hydrogens is 268 g/mol. The molecule has 1 rings (SSSR count). The lowest BCUT2D eigenvalue weighted by atomic mass is 9.95. The van der Waals surface area contributed by atoms with Crippen LogP contribution < -0.4 is 0 Å². The van der Waals surface area contributed by atoms with E-state index in [1.807, 2.05) is 13.0 Å². The summed E-state index contributed by atoms with van der Waals surface area (Å²) in [6.07, 6.45) is 2.86. The fourth-order valence-corrected chi connectivity index (χ4v) is 1.99. The van der Waals surface area contributed by atoms with Gasteiger partial charge in [0.1, 0.15) is 11.5 Å². The Bertz CT molecular complexity index is 512. The van der Waals surface area contributed by atoms with Crippen LogP contribution in [0.4, 0.5) is 0 Å². The number of aromatic hydroxyl groups is 2. The Kier molecular flexibility index (Phi) is 5.81. The molecule has 21 heavy (non-hydrogen) atoms. The highest BCUT2D eigenvalue weighted by Crippen LogP contribution is 2.27. The minimum absolute atomic E-state index is 0.172. The van der Waals surface area contributed by atoms with Crippen LogP contribution in [-0.2, 0) is 6.42 Å². The lowest BCUT2D eigenvalue weighted by molar-refractivity contribution is -0.0509. The van der Waals surface area contributed by atoms with Crippen molar-refractivity contribution in [2.24, 2.45) is 0 Å². The van der Waals surface area contributed by atoms with Gasteiger partial charge in [0.25, 0.3) is 0 Å². The molecule has 0 unspecified atom stereocenters. The Balaban J connectivity index is 2.62. The van der Waals surface area contributed by atoms with E-state index in [-0.39, 0.29) is 11.5 Å². The third kappa shape index (κ3) is 5.40. The maximum Gasteiger partial charge on any atom is 0.119 e. The van der Waals surface area contributed by atoms with Crippen LogP contribution in [0.2, 0.25) is 0 Å². The van der Waals surface area contributed by atoms with Gasteiger partial charge in [-0.3, -0.25) is 0 Å². The van der Waals surface area contributed by atoms with Crippen LogP contribution >= 0.6 is 0 Å². The van der Waals surface area contributed by atoms with Crippen molar-refractivity contribution in [2.45, 2.75) is 58.7 Å². The van der Waals surface area contributed by atoms with E-state index in [1.54, 1.807) is 32.9 Å². The highest BCUT2D eigenvalue weighted by atomic mass is 16.3. The normalized spacial score (nSPS) is 14.3. The van der Waals surface area contributed by atoms with Gasteiger partial charge in [-0.1, -0.05) is 11.6 Å². The van der Waals surface area contributed by atoms with Gasteiger partial charge in [-0.05, 0) is 64.7 Å². The van der Waals surface area contributed by atoms with Gasteiger partial charge in [-0.15, -0.1) is 0 Å². The number of allylic oxidation sites excluding steroid dienone is 2. The number of aliphatic hydroxyl groups excluding tert-OH is 1. The lowest BCUT2D eigenvalue weighted by Gasteiger charge is -2.24. The van der Waals surface area contributed by atoms with Crippen LogP contribution in [0.25, 0.3) is 0 Å². The SMILES string of the molecule is C/C(=C\Cc1cc(O)c(C)cc1O)CC[C@@H](O)C(C)(C)O. The highest BCUT2D eigenvalue weighted by molar-refractivity contribution is 5.45. The monoisotopic (exact) mass is 294 g/mol. The first-order chi connectivity index (χ1) is 9.61. The third-order valence-electron chi connectivity index (χ3n) is 3.70. The second-order valence-corrected chi connectivity index (χ2v) is 6.23. The summed E-state index contributed by atoms with van der Waals surface area (Å²) in [4.78, 5) is 0. The van der Waals surface area contributed by atoms with Gasteiger partial charge in [-0.2, -0.15) is 0 Å². The van der Waals surface area contributed by atoms with Crippen LogP contribution in [0.5, 0.6) is 11.5 Å². The van der Waals surface area contributed by atoms with Crippen molar-refractivity contribution in [3.63, 3.8) is 0 Å². The summed E-state index contributed by atoms with van der Waals surface area (Å²) in [5.41, 5.74) is 1.28. The Morgan fingerprint density at radius 3 is 2.43 bits per heavy atom. The molecular formula is C17H26O4. The average molecular weight is 294 g/mol. The Morgan fingerprint density at radius 1 is 1.24 bits per heavy atom. The number of phenolic OH excluding ortho intramolecular Hbond substituents is 2. The zero-order chi connectivity index (χ0) is 16.2. The average Bonchev–Trinajstić information content (AvgIpc) is 2.37. The molecule has 1 atom stereocenters. The summed E-state index contributed by atoms with van der Waals surface area (Å²) >= 11 is 0. The van der Waals surface area contributed by atoms with Gasteiger partial charge in [0.2, 0.25) is 0 Å². The van der Waals surface area contributed by atoms with Gasteiger partial charge in [0.15, 0.2) is 0 Å². The number of benzene rings is 1. The van der Waals surface area contributed by atoms with E-state index in [0.29, 0.717) is 30.4 Å². The van der Waals surface area contributed by atoms with E-state index in [2.05, 4.69) is 0 Å². The Hall–Kier alpha value is -1.52. The minimum atomic E-state index is -1.10. The molecule has 4 N–H and O–H groups in total. The lowest BCUT2D eigenvalue weighted by Crippen LogP contribution is -2.35. The van der Waals surface area contributed by atoms with Gasteiger partial charge in [0.05, 0.1) is 11.7 Å². The molecule has 0 heterocycles. The number of aryl methyl sites for hydroxylation is 1. The van der Waals surface area contributed by atoms with E-state index in [4.69, 9.17) is 0 Å². The van der Waals surface area contributed by atoms with Crippen LogP contribution in [0.1, 0.15) is 44.7 Å². The van der Waals surface area contributed by atoms with E-state index in [1.165, 1.54) is 0 Å². The first kappa shape index (κ1) is 17.5. The molecule has 4 heteroatoms. The number of phenols is 2. The van der Waals surface area contributed by atoms with Crippen LogP contribution in [0, 0.1) is 6.92 Å². The van der Waals surface area contributed by atoms with Gasteiger partial charge in [-0.25, -0.2) is 0 Å². The molecule has 0 saturated heterocycles. The Labute approximate surface area is 126 Å². The minimum Gasteiger partial charge on any atom is -0.508 e. The summed E-state index contributed by atoms with van der Waals surface area (Å²) in [7, 11) is 0. The molecule has 1 aromatic carbocycles. The molecule has 0 bridgehead atoms. The topological polar surface area (TPSA) is 80.9 Å². The predicted octanol–water partition coefficient (Wildman–Crippen LogP) is 2.81. The number of rotatable bonds is 6. The van der Waals surface area contributed by atoms with E-state index < -0.39 is 11.7 Å². The third-order valence-corrected chi connectivity index (χ3v) is 3.70. The first-order valence-electron chi connectivity index (χ1n) is 7.18. The molecule has 1 aromatic rings. The maximum atomic E-state index is 9.84. The molecule has 0 amide bonds. The molecule has 0 radical (unpaired) electrons. The molecule has 0 aliphatic heterocycles. The van der Waals surface area contributed by atoms with E-state index in [9.17, 15) is 20.4 Å². The van der Waals surface area contributed by atoms with E-state index >= 15 is 0 Å². The fourth-order valence-electron chi connectivity index (χ4n) is 1.99. The number of hydrogen-bond acceptors (Lipinski definition) is 4. The molecule has 0 spiro atoms. The molecule has 0 aromatic heterocycles. The summed E-state index contributed by atoms with van der Waals surface area (Å²) < 4.78 is 0. The quantitative estimate of drug-likeness (QED) is 0.480. The molecule has 0 aliphatic rings. The van der Waals surface area contributed by atoms with Crippen molar-refractivity contribution in [1.29, 1.82) is 0 Å². The van der Waals surface area contributed by atoms with Crippen LogP contribution in [-0.4, -0.2) is 32.1 Å². The van der Waals surface area contributed by atoms with Crippen molar-refractivity contribution < 1.29 is 20.4 Å². The van der Waals surface area contributed by atoms with Crippen molar-refractivity contribution in [3.8, 4) is 11.5 Å². The molecule has 0 saturated carbocycles. The highest BCUT2D eigenvalue weighted by Gasteiger charge is 2.23.